The van der Waals surface area contributed by atoms with Crippen LogP contribution in [0.3, 0.4) is 0 Å². The van der Waals surface area contributed by atoms with Gasteiger partial charge in [-0.15, -0.1) is 0 Å². The first-order valence-corrected chi connectivity index (χ1v) is 7.17. The van der Waals surface area contributed by atoms with E-state index in [4.69, 9.17) is 5.11 Å². The van der Waals surface area contributed by atoms with Crippen molar-refractivity contribution in [3.05, 3.63) is 12.2 Å². The summed E-state index contributed by atoms with van der Waals surface area (Å²) in [7, 11) is 0. The molecule has 0 aliphatic heterocycles. The highest BCUT2D eigenvalue weighted by Gasteiger charge is 1.90. The molecule has 0 aromatic heterocycles. The maximum atomic E-state index is 8.59. The molecule has 0 bridgehead atoms. The van der Waals surface area contributed by atoms with Gasteiger partial charge in [0.2, 0.25) is 0 Å². The van der Waals surface area contributed by atoms with Gasteiger partial charge in [-0.05, 0) is 25.7 Å². The molecule has 0 aromatic carbocycles. The van der Waals surface area contributed by atoms with E-state index in [0.29, 0.717) is 6.61 Å². The molecule has 1 heteroatoms. The average molecular weight is 226 g/mol. The van der Waals surface area contributed by atoms with Crippen molar-refractivity contribution in [2.45, 2.75) is 77.6 Å². The lowest BCUT2D eigenvalue weighted by molar-refractivity contribution is 0.289. The Morgan fingerprint density at radius 1 is 0.688 bits per heavy atom. The Hall–Kier alpha value is -0.300. The number of allylic oxidation sites excluding steroid dienone is 2. The number of aliphatic hydroxyl groups excluding tert-OH is 1. The van der Waals surface area contributed by atoms with Gasteiger partial charge in [-0.25, -0.2) is 0 Å². The lowest BCUT2D eigenvalue weighted by atomic mass is 10.1. The van der Waals surface area contributed by atoms with Gasteiger partial charge >= 0.3 is 0 Å². The fourth-order valence-corrected chi connectivity index (χ4v) is 1.84. The van der Waals surface area contributed by atoms with Crippen molar-refractivity contribution in [2.24, 2.45) is 0 Å². The van der Waals surface area contributed by atoms with Gasteiger partial charge in [0.1, 0.15) is 0 Å². The maximum absolute atomic E-state index is 8.59. The molecule has 0 atom stereocenters. The summed E-state index contributed by atoms with van der Waals surface area (Å²) >= 11 is 0. The van der Waals surface area contributed by atoms with Gasteiger partial charge in [0.25, 0.3) is 0 Å². The molecule has 0 saturated heterocycles. The predicted molar refractivity (Wildman–Crippen MR) is 72.7 cm³/mol. The lowest BCUT2D eigenvalue weighted by Gasteiger charge is -1.99. The predicted octanol–water partition coefficient (Wildman–Crippen LogP) is 4.85. The third-order valence-electron chi connectivity index (χ3n) is 2.92. The molecule has 0 aliphatic carbocycles. The third-order valence-corrected chi connectivity index (χ3v) is 2.92. The molecule has 0 radical (unpaired) electrons. The van der Waals surface area contributed by atoms with E-state index >= 15 is 0 Å². The number of aliphatic hydroxyl groups is 1. The summed E-state index contributed by atoms with van der Waals surface area (Å²) in [5, 5.41) is 8.59. The molecular weight excluding hydrogens is 196 g/mol. The van der Waals surface area contributed by atoms with Crippen molar-refractivity contribution < 1.29 is 5.11 Å². The summed E-state index contributed by atoms with van der Waals surface area (Å²) in [6, 6.07) is 0. The van der Waals surface area contributed by atoms with E-state index in [0.717, 1.165) is 12.8 Å². The van der Waals surface area contributed by atoms with Gasteiger partial charge in [0.15, 0.2) is 0 Å². The van der Waals surface area contributed by atoms with E-state index in [9.17, 15) is 0 Å². The van der Waals surface area contributed by atoms with Crippen LogP contribution in [0.4, 0.5) is 0 Å². The standard InChI is InChI=1S/C15H30O/c1-2-3-4-5-6-7-8-9-10-11-12-13-14-15-16/h11-12,16H,2-10,13-15H2,1H3/b12-11-. The van der Waals surface area contributed by atoms with E-state index < -0.39 is 0 Å². The molecule has 0 aliphatic rings. The largest absolute Gasteiger partial charge is 0.396 e. The van der Waals surface area contributed by atoms with Gasteiger partial charge in [0.05, 0.1) is 0 Å². The Kier molecular flexibility index (Phi) is 14.4. The number of hydrogen-bond donors (Lipinski definition) is 1. The van der Waals surface area contributed by atoms with Crippen LogP contribution in [-0.2, 0) is 0 Å². The molecular formula is C15H30O. The normalized spacial score (nSPS) is 11.4. The van der Waals surface area contributed by atoms with Crippen LogP contribution in [0.2, 0.25) is 0 Å². The second-order valence-electron chi connectivity index (χ2n) is 4.60. The van der Waals surface area contributed by atoms with Crippen LogP contribution in [0.5, 0.6) is 0 Å². The number of unbranched alkanes of at least 4 members (excludes halogenated alkanes) is 9. The summed E-state index contributed by atoms with van der Waals surface area (Å²) < 4.78 is 0. The van der Waals surface area contributed by atoms with Gasteiger partial charge in [-0.2, -0.15) is 0 Å². The first kappa shape index (κ1) is 15.7. The van der Waals surface area contributed by atoms with Crippen molar-refractivity contribution in [1.82, 2.24) is 0 Å². The zero-order valence-corrected chi connectivity index (χ0v) is 11.1. The van der Waals surface area contributed by atoms with Gasteiger partial charge in [0, 0.05) is 6.61 Å². The van der Waals surface area contributed by atoms with Crippen LogP contribution in [0.15, 0.2) is 12.2 Å². The minimum absolute atomic E-state index is 0.322. The van der Waals surface area contributed by atoms with E-state index in [2.05, 4.69) is 19.1 Å². The molecule has 1 nitrogen and oxygen atoms in total. The van der Waals surface area contributed by atoms with Crippen LogP contribution in [0, 0.1) is 0 Å². The molecule has 0 fully saturated rings. The van der Waals surface area contributed by atoms with E-state index in [1.54, 1.807) is 0 Å². The molecule has 0 amide bonds. The highest BCUT2D eigenvalue weighted by molar-refractivity contribution is 4.81. The fraction of sp³-hybridized carbons (Fsp3) is 0.867. The summed E-state index contributed by atoms with van der Waals surface area (Å²) in [5.41, 5.74) is 0. The zero-order chi connectivity index (χ0) is 11.9. The van der Waals surface area contributed by atoms with Gasteiger partial charge in [-0.3, -0.25) is 0 Å². The molecule has 0 saturated carbocycles. The fourth-order valence-electron chi connectivity index (χ4n) is 1.84. The average Bonchev–Trinajstić information content (AvgIpc) is 2.31. The first-order chi connectivity index (χ1) is 7.91. The molecule has 0 unspecified atom stereocenters. The summed E-state index contributed by atoms with van der Waals surface area (Å²) in [5.74, 6) is 0. The Bertz CT molecular complexity index is 140. The molecule has 1 N–H and O–H groups in total. The summed E-state index contributed by atoms with van der Waals surface area (Å²) in [4.78, 5) is 0. The van der Waals surface area contributed by atoms with Crippen LogP contribution >= 0.6 is 0 Å². The minimum Gasteiger partial charge on any atom is -0.396 e. The summed E-state index contributed by atoms with van der Waals surface area (Å²) in [6.07, 6.45) is 18.8. The Labute approximate surface area is 102 Å². The quantitative estimate of drug-likeness (QED) is 0.373. The molecule has 96 valence electrons. The molecule has 0 rings (SSSR count). The van der Waals surface area contributed by atoms with Gasteiger partial charge in [-0.1, -0.05) is 64.0 Å². The van der Waals surface area contributed by atoms with Crippen LogP contribution < -0.4 is 0 Å². The highest BCUT2D eigenvalue weighted by Crippen LogP contribution is 2.09. The second kappa shape index (κ2) is 14.7. The molecule has 16 heavy (non-hydrogen) atoms. The van der Waals surface area contributed by atoms with Gasteiger partial charge < -0.3 is 5.11 Å². The van der Waals surface area contributed by atoms with Crippen molar-refractivity contribution >= 4 is 0 Å². The molecule has 0 spiro atoms. The van der Waals surface area contributed by atoms with Crippen molar-refractivity contribution in [3.63, 3.8) is 0 Å². The monoisotopic (exact) mass is 226 g/mol. The second-order valence-corrected chi connectivity index (χ2v) is 4.60. The summed E-state index contributed by atoms with van der Waals surface area (Å²) in [6.45, 7) is 2.59. The molecule has 0 aromatic rings. The maximum Gasteiger partial charge on any atom is 0.0433 e. The number of rotatable bonds is 12. The van der Waals surface area contributed by atoms with E-state index in [1.807, 2.05) is 0 Å². The SMILES string of the molecule is CCCCCCCCCC/C=C\CCCO. The first-order valence-electron chi connectivity index (χ1n) is 7.17. The molecule has 0 heterocycles. The lowest BCUT2D eigenvalue weighted by Crippen LogP contribution is -1.80. The van der Waals surface area contributed by atoms with E-state index in [-0.39, 0.29) is 0 Å². The minimum atomic E-state index is 0.322. The van der Waals surface area contributed by atoms with Crippen molar-refractivity contribution in [1.29, 1.82) is 0 Å². The van der Waals surface area contributed by atoms with Crippen molar-refractivity contribution in [3.8, 4) is 0 Å². The Balaban J connectivity index is 2.95. The third kappa shape index (κ3) is 13.7. The van der Waals surface area contributed by atoms with Crippen molar-refractivity contribution in [2.75, 3.05) is 6.61 Å². The Morgan fingerprint density at radius 2 is 1.19 bits per heavy atom. The number of hydrogen-bond acceptors (Lipinski definition) is 1. The zero-order valence-electron chi connectivity index (χ0n) is 11.1. The highest BCUT2D eigenvalue weighted by atomic mass is 16.2. The topological polar surface area (TPSA) is 20.2 Å². The van der Waals surface area contributed by atoms with Crippen LogP contribution in [0.25, 0.3) is 0 Å². The van der Waals surface area contributed by atoms with E-state index in [1.165, 1.54) is 57.8 Å². The van der Waals surface area contributed by atoms with Crippen LogP contribution in [0.1, 0.15) is 77.6 Å². The Morgan fingerprint density at radius 3 is 1.75 bits per heavy atom. The van der Waals surface area contributed by atoms with Crippen LogP contribution in [-0.4, -0.2) is 11.7 Å². The smallest absolute Gasteiger partial charge is 0.0433 e.